The highest BCUT2D eigenvalue weighted by Crippen LogP contribution is 2.21. The van der Waals surface area contributed by atoms with Crippen LogP contribution in [0.2, 0.25) is 0 Å². The van der Waals surface area contributed by atoms with Crippen molar-refractivity contribution in [1.82, 2.24) is 10.2 Å². The second-order valence-corrected chi connectivity index (χ2v) is 5.88. The van der Waals surface area contributed by atoms with Crippen molar-refractivity contribution >= 4 is 0 Å². The molecule has 2 nitrogen and oxygen atoms in total. The zero-order chi connectivity index (χ0) is 15.7. The highest BCUT2D eigenvalue weighted by Gasteiger charge is 2.15. The molecule has 0 saturated heterocycles. The number of benzene rings is 1. The Bertz CT molecular complexity index is 395. The van der Waals surface area contributed by atoms with Gasteiger partial charge in [0.1, 0.15) is 5.82 Å². The molecule has 1 aromatic carbocycles. The maximum atomic E-state index is 13.8. The Hall–Kier alpha value is -0.930. The topological polar surface area (TPSA) is 15.3 Å². The van der Waals surface area contributed by atoms with E-state index in [2.05, 4.69) is 38.0 Å². The van der Waals surface area contributed by atoms with E-state index in [1.807, 2.05) is 12.1 Å². The van der Waals surface area contributed by atoms with Gasteiger partial charge in [0, 0.05) is 17.6 Å². The third kappa shape index (κ3) is 6.15. The van der Waals surface area contributed by atoms with Gasteiger partial charge in [-0.05, 0) is 58.8 Å². The van der Waals surface area contributed by atoms with Crippen LogP contribution in [0.4, 0.5) is 4.39 Å². The molecule has 0 aliphatic carbocycles. The highest BCUT2D eigenvalue weighted by atomic mass is 19.1. The predicted octanol–water partition coefficient (Wildman–Crippen LogP) is 4.38. The van der Waals surface area contributed by atoms with Gasteiger partial charge in [-0.1, -0.05) is 32.0 Å². The Kier molecular flexibility index (Phi) is 8.55. The first-order valence-corrected chi connectivity index (χ1v) is 8.28. The molecule has 2 atom stereocenters. The molecule has 0 aliphatic rings. The monoisotopic (exact) mass is 294 g/mol. The Morgan fingerprint density at radius 1 is 1.24 bits per heavy atom. The predicted molar refractivity (Wildman–Crippen MR) is 89.1 cm³/mol. The maximum Gasteiger partial charge on any atom is 0.127 e. The summed E-state index contributed by atoms with van der Waals surface area (Å²) in [5, 5.41) is 3.58. The van der Waals surface area contributed by atoms with Gasteiger partial charge in [0.25, 0.3) is 0 Å². The maximum absolute atomic E-state index is 13.8. The van der Waals surface area contributed by atoms with Crippen molar-refractivity contribution in [3.8, 4) is 0 Å². The average Bonchev–Trinajstić information content (AvgIpc) is 2.50. The third-order valence-corrected chi connectivity index (χ3v) is 4.26. The molecule has 0 bridgehead atoms. The molecule has 0 heterocycles. The van der Waals surface area contributed by atoms with E-state index in [1.165, 1.54) is 19.3 Å². The number of halogens is 1. The summed E-state index contributed by atoms with van der Waals surface area (Å²) in [5.41, 5.74) is 0.788. The van der Waals surface area contributed by atoms with Gasteiger partial charge in [0.05, 0.1) is 0 Å². The molecule has 1 aromatic rings. The van der Waals surface area contributed by atoms with Gasteiger partial charge < -0.3 is 5.32 Å². The number of rotatable bonds is 10. The Morgan fingerprint density at radius 3 is 2.57 bits per heavy atom. The smallest absolute Gasteiger partial charge is 0.127 e. The average molecular weight is 294 g/mol. The van der Waals surface area contributed by atoms with Crippen LogP contribution in [0.15, 0.2) is 24.3 Å². The quantitative estimate of drug-likeness (QED) is 0.689. The normalized spacial score (nSPS) is 14.4. The third-order valence-electron chi connectivity index (χ3n) is 4.26. The molecule has 0 fully saturated rings. The summed E-state index contributed by atoms with van der Waals surface area (Å²) in [5.74, 6) is -0.104. The molecular formula is C18H31FN2. The lowest BCUT2D eigenvalue weighted by atomic mass is 10.1. The molecule has 0 radical (unpaired) electrons. The van der Waals surface area contributed by atoms with Crippen LogP contribution in [0.1, 0.15) is 58.1 Å². The lowest BCUT2D eigenvalue weighted by molar-refractivity contribution is 0.246. The summed E-state index contributed by atoms with van der Waals surface area (Å²) in [7, 11) is 2.08. The summed E-state index contributed by atoms with van der Waals surface area (Å²) < 4.78 is 13.8. The standard InChI is InChI=1S/C18H31FN2/c1-5-13-20-16(6-2)10-9-14-21(4)15(3)17-11-7-8-12-18(17)19/h7-8,11-12,15-16,20H,5-6,9-10,13-14H2,1-4H3. The Morgan fingerprint density at radius 2 is 1.95 bits per heavy atom. The van der Waals surface area contributed by atoms with Crippen LogP contribution in [0, 0.1) is 5.82 Å². The molecule has 2 unspecified atom stereocenters. The van der Waals surface area contributed by atoms with Crippen molar-refractivity contribution in [3.05, 3.63) is 35.6 Å². The van der Waals surface area contributed by atoms with Crippen molar-refractivity contribution in [2.24, 2.45) is 0 Å². The minimum atomic E-state index is -0.104. The SMILES string of the molecule is CCCNC(CC)CCCN(C)C(C)c1ccccc1F. The van der Waals surface area contributed by atoms with Gasteiger partial charge >= 0.3 is 0 Å². The molecule has 120 valence electrons. The van der Waals surface area contributed by atoms with Crippen LogP contribution in [-0.2, 0) is 0 Å². The molecule has 1 N–H and O–H groups in total. The number of nitrogens with one attached hydrogen (secondary N) is 1. The lowest BCUT2D eigenvalue weighted by Crippen LogP contribution is -2.31. The van der Waals surface area contributed by atoms with Crippen LogP contribution >= 0.6 is 0 Å². The first-order valence-electron chi connectivity index (χ1n) is 8.28. The Balaban J connectivity index is 2.39. The van der Waals surface area contributed by atoms with E-state index >= 15 is 0 Å². The largest absolute Gasteiger partial charge is 0.314 e. The van der Waals surface area contributed by atoms with Crippen LogP contribution in [0.5, 0.6) is 0 Å². The van der Waals surface area contributed by atoms with E-state index in [9.17, 15) is 4.39 Å². The highest BCUT2D eigenvalue weighted by molar-refractivity contribution is 5.20. The number of hydrogen-bond acceptors (Lipinski definition) is 2. The summed E-state index contributed by atoms with van der Waals surface area (Å²) in [6.45, 7) is 8.60. The summed E-state index contributed by atoms with van der Waals surface area (Å²) >= 11 is 0. The Labute approximate surface area is 129 Å². The van der Waals surface area contributed by atoms with E-state index in [4.69, 9.17) is 0 Å². The molecule has 0 amide bonds. The van der Waals surface area contributed by atoms with E-state index in [-0.39, 0.29) is 11.9 Å². The van der Waals surface area contributed by atoms with Gasteiger partial charge in [-0.3, -0.25) is 4.90 Å². The molecule has 3 heteroatoms. The van der Waals surface area contributed by atoms with E-state index < -0.39 is 0 Å². The molecule has 0 aliphatic heterocycles. The zero-order valence-electron chi connectivity index (χ0n) is 14.0. The minimum absolute atomic E-state index is 0.104. The summed E-state index contributed by atoms with van der Waals surface area (Å²) in [6, 6.07) is 7.81. The van der Waals surface area contributed by atoms with Crippen molar-refractivity contribution in [3.63, 3.8) is 0 Å². The van der Waals surface area contributed by atoms with Crippen LogP contribution < -0.4 is 5.32 Å². The van der Waals surface area contributed by atoms with Crippen LogP contribution in [0.25, 0.3) is 0 Å². The van der Waals surface area contributed by atoms with Crippen LogP contribution in [-0.4, -0.2) is 31.1 Å². The van der Waals surface area contributed by atoms with E-state index in [1.54, 1.807) is 12.1 Å². The van der Waals surface area contributed by atoms with Crippen molar-refractivity contribution < 1.29 is 4.39 Å². The molecule has 0 aromatic heterocycles. The fourth-order valence-electron chi connectivity index (χ4n) is 2.63. The van der Waals surface area contributed by atoms with E-state index in [0.717, 1.165) is 25.1 Å². The minimum Gasteiger partial charge on any atom is -0.314 e. The zero-order valence-corrected chi connectivity index (χ0v) is 14.0. The number of hydrogen-bond donors (Lipinski definition) is 1. The van der Waals surface area contributed by atoms with Gasteiger partial charge in [-0.25, -0.2) is 4.39 Å². The van der Waals surface area contributed by atoms with Gasteiger partial charge in [0.15, 0.2) is 0 Å². The summed E-state index contributed by atoms with van der Waals surface area (Å²) in [6.07, 6.45) is 4.68. The molecule has 0 spiro atoms. The second-order valence-electron chi connectivity index (χ2n) is 5.88. The fraction of sp³-hybridized carbons (Fsp3) is 0.667. The molecule has 0 saturated carbocycles. The van der Waals surface area contributed by atoms with Crippen molar-refractivity contribution in [1.29, 1.82) is 0 Å². The van der Waals surface area contributed by atoms with E-state index in [0.29, 0.717) is 6.04 Å². The van der Waals surface area contributed by atoms with Crippen molar-refractivity contribution in [2.45, 2.75) is 58.5 Å². The fourth-order valence-corrected chi connectivity index (χ4v) is 2.63. The lowest BCUT2D eigenvalue weighted by Gasteiger charge is -2.26. The first-order chi connectivity index (χ1) is 10.1. The second kappa shape index (κ2) is 9.91. The number of nitrogens with zero attached hydrogens (tertiary/aromatic N) is 1. The van der Waals surface area contributed by atoms with Crippen molar-refractivity contribution in [2.75, 3.05) is 20.1 Å². The van der Waals surface area contributed by atoms with Gasteiger partial charge in [-0.15, -0.1) is 0 Å². The molecule has 1 rings (SSSR count). The molecule has 21 heavy (non-hydrogen) atoms. The molecular weight excluding hydrogens is 263 g/mol. The first kappa shape index (κ1) is 18.1. The van der Waals surface area contributed by atoms with Crippen LogP contribution in [0.3, 0.4) is 0 Å². The van der Waals surface area contributed by atoms with Gasteiger partial charge in [0.2, 0.25) is 0 Å². The van der Waals surface area contributed by atoms with Gasteiger partial charge in [-0.2, -0.15) is 0 Å². The summed E-state index contributed by atoms with van der Waals surface area (Å²) in [4.78, 5) is 2.24.